The molecule has 0 saturated carbocycles. The molecular weight excluding hydrogens is 230 g/mol. The topological polar surface area (TPSA) is 60.2 Å². The molecule has 1 aliphatic rings. The Hall–Kier alpha value is -1.88. The Morgan fingerprint density at radius 1 is 1.33 bits per heavy atom. The molecule has 0 aliphatic carbocycles. The van der Waals surface area contributed by atoms with E-state index in [9.17, 15) is 0 Å². The molecule has 3 rings (SSSR count). The van der Waals surface area contributed by atoms with Crippen LogP contribution in [-0.2, 0) is 6.61 Å². The summed E-state index contributed by atoms with van der Waals surface area (Å²) in [4.78, 5) is 4.34. The Kier molecular flexibility index (Phi) is 3.23. The van der Waals surface area contributed by atoms with E-state index in [-0.39, 0.29) is 6.04 Å². The zero-order valence-electron chi connectivity index (χ0n) is 10.0. The number of benzene rings is 1. The number of rotatable bonds is 4. The number of ether oxygens (including phenoxy) is 1. The predicted octanol–water partition coefficient (Wildman–Crippen LogP) is 2.07. The predicted molar refractivity (Wildman–Crippen MR) is 65.0 cm³/mol. The van der Waals surface area contributed by atoms with Gasteiger partial charge in [0.2, 0.25) is 11.7 Å². The second-order valence-corrected chi connectivity index (χ2v) is 4.30. The SMILES string of the molecule is c1ccc(OCc2noc([C@@H]3CCCN3)n2)cc1. The average molecular weight is 245 g/mol. The van der Waals surface area contributed by atoms with Gasteiger partial charge in [-0.05, 0) is 31.5 Å². The molecule has 94 valence electrons. The van der Waals surface area contributed by atoms with Crippen LogP contribution in [0.1, 0.15) is 30.6 Å². The molecule has 2 aromatic rings. The Morgan fingerprint density at radius 3 is 3.00 bits per heavy atom. The van der Waals surface area contributed by atoms with Crippen LogP contribution in [0.25, 0.3) is 0 Å². The first kappa shape index (κ1) is 11.2. The first-order valence-corrected chi connectivity index (χ1v) is 6.15. The Morgan fingerprint density at radius 2 is 2.22 bits per heavy atom. The molecule has 0 spiro atoms. The average Bonchev–Trinajstić information content (AvgIpc) is 3.08. The fraction of sp³-hybridized carbons (Fsp3) is 0.385. The van der Waals surface area contributed by atoms with Crippen molar-refractivity contribution >= 4 is 0 Å². The summed E-state index contributed by atoms with van der Waals surface area (Å²) in [5, 5.41) is 7.25. The van der Waals surface area contributed by atoms with Crippen molar-refractivity contribution in [3.05, 3.63) is 42.0 Å². The van der Waals surface area contributed by atoms with E-state index in [2.05, 4.69) is 15.5 Å². The van der Waals surface area contributed by atoms with Gasteiger partial charge in [0, 0.05) is 0 Å². The van der Waals surface area contributed by atoms with E-state index in [0.717, 1.165) is 25.1 Å². The van der Waals surface area contributed by atoms with Gasteiger partial charge < -0.3 is 14.6 Å². The smallest absolute Gasteiger partial charge is 0.243 e. The number of para-hydroxylation sites is 1. The van der Waals surface area contributed by atoms with Gasteiger partial charge in [0.05, 0.1) is 6.04 Å². The standard InChI is InChI=1S/C13H15N3O2/c1-2-5-10(6-3-1)17-9-12-15-13(18-16-12)11-7-4-8-14-11/h1-3,5-6,11,14H,4,7-9H2/t11-/m0/s1. The minimum Gasteiger partial charge on any atom is -0.485 e. The fourth-order valence-corrected chi connectivity index (χ4v) is 2.03. The number of aromatic nitrogens is 2. The number of hydrogen-bond donors (Lipinski definition) is 1. The van der Waals surface area contributed by atoms with E-state index < -0.39 is 0 Å². The first-order valence-electron chi connectivity index (χ1n) is 6.15. The zero-order valence-corrected chi connectivity index (χ0v) is 10.0. The second kappa shape index (κ2) is 5.18. The molecule has 18 heavy (non-hydrogen) atoms. The minimum absolute atomic E-state index is 0.211. The number of nitrogens with zero attached hydrogens (tertiary/aromatic N) is 2. The van der Waals surface area contributed by atoms with Crippen molar-refractivity contribution < 1.29 is 9.26 Å². The van der Waals surface area contributed by atoms with Gasteiger partial charge in [-0.2, -0.15) is 4.98 Å². The highest BCUT2D eigenvalue weighted by Gasteiger charge is 2.22. The summed E-state index contributed by atoms with van der Waals surface area (Å²) in [6.45, 7) is 1.35. The maximum absolute atomic E-state index is 5.56. The molecule has 1 aromatic heterocycles. The van der Waals surface area contributed by atoms with Crippen LogP contribution in [0.4, 0.5) is 0 Å². The lowest BCUT2D eigenvalue weighted by atomic mass is 10.2. The van der Waals surface area contributed by atoms with E-state index in [1.165, 1.54) is 0 Å². The summed E-state index contributed by atoms with van der Waals surface area (Å²) >= 11 is 0. The van der Waals surface area contributed by atoms with Gasteiger partial charge in [-0.25, -0.2) is 0 Å². The quantitative estimate of drug-likeness (QED) is 0.893. The Labute approximate surface area is 105 Å². The Bertz CT molecular complexity index is 492. The van der Waals surface area contributed by atoms with Crippen LogP contribution in [0.15, 0.2) is 34.9 Å². The third-order valence-corrected chi connectivity index (χ3v) is 2.95. The number of hydrogen-bond acceptors (Lipinski definition) is 5. The molecule has 1 atom stereocenters. The van der Waals surface area contributed by atoms with Crippen molar-refractivity contribution in [2.45, 2.75) is 25.5 Å². The van der Waals surface area contributed by atoms with Gasteiger partial charge >= 0.3 is 0 Å². The van der Waals surface area contributed by atoms with E-state index in [1.54, 1.807) is 0 Å². The van der Waals surface area contributed by atoms with Crippen LogP contribution in [0.2, 0.25) is 0 Å². The largest absolute Gasteiger partial charge is 0.485 e. The van der Waals surface area contributed by atoms with Crippen LogP contribution in [0.3, 0.4) is 0 Å². The van der Waals surface area contributed by atoms with Crippen LogP contribution in [0.5, 0.6) is 5.75 Å². The molecule has 0 bridgehead atoms. The highest BCUT2D eigenvalue weighted by Crippen LogP contribution is 2.21. The lowest BCUT2D eigenvalue weighted by Gasteiger charge is -2.02. The monoisotopic (exact) mass is 245 g/mol. The summed E-state index contributed by atoms with van der Waals surface area (Å²) in [6, 6.07) is 9.83. The summed E-state index contributed by atoms with van der Waals surface area (Å²) in [7, 11) is 0. The molecule has 1 saturated heterocycles. The Balaban J connectivity index is 1.60. The van der Waals surface area contributed by atoms with Crippen LogP contribution < -0.4 is 10.1 Å². The van der Waals surface area contributed by atoms with Crippen molar-refractivity contribution in [3.8, 4) is 5.75 Å². The van der Waals surface area contributed by atoms with Crippen LogP contribution in [0, 0.1) is 0 Å². The normalized spacial score (nSPS) is 19.0. The highest BCUT2D eigenvalue weighted by atomic mass is 16.5. The zero-order chi connectivity index (χ0) is 12.2. The van der Waals surface area contributed by atoms with E-state index in [4.69, 9.17) is 9.26 Å². The minimum atomic E-state index is 0.211. The third-order valence-electron chi connectivity index (χ3n) is 2.95. The molecule has 0 radical (unpaired) electrons. The van der Waals surface area contributed by atoms with E-state index >= 15 is 0 Å². The van der Waals surface area contributed by atoms with Crippen LogP contribution >= 0.6 is 0 Å². The van der Waals surface area contributed by atoms with Gasteiger partial charge in [0.15, 0.2) is 6.61 Å². The summed E-state index contributed by atoms with van der Waals surface area (Å²) in [5.41, 5.74) is 0. The molecule has 1 N–H and O–H groups in total. The molecule has 1 aromatic carbocycles. The lowest BCUT2D eigenvalue weighted by molar-refractivity contribution is 0.283. The molecule has 1 aliphatic heterocycles. The van der Waals surface area contributed by atoms with Gasteiger partial charge in [-0.1, -0.05) is 23.4 Å². The second-order valence-electron chi connectivity index (χ2n) is 4.30. The van der Waals surface area contributed by atoms with Crippen molar-refractivity contribution in [2.75, 3.05) is 6.54 Å². The number of nitrogens with one attached hydrogen (secondary N) is 1. The summed E-state index contributed by atoms with van der Waals surface area (Å²) in [6.07, 6.45) is 2.21. The lowest BCUT2D eigenvalue weighted by Crippen LogP contribution is -2.13. The van der Waals surface area contributed by atoms with Gasteiger partial charge in [0.25, 0.3) is 0 Å². The summed E-state index contributed by atoms with van der Waals surface area (Å²) < 4.78 is 10.8. The maximum Gasteiger partial charge on any atom is 0.243 e. The molecular formula is C13H15N3O2. The maximum atomic E-state index is 5.56. The van der Waals surface area contributed by atoms with Crippen molar-refractivity contribution in [1.82, 2.24) is 15.5 Å². The van der Waals surface area contributed by atoms with Gasteiger partial charge in [0.1, 0.15) is 5.75 Å². The molecule has 1 fully saturated rings. The van der Waals surface area contributed by atoms with E-state index in [1.807, 2.05) is 30.3 Å². The van der Waals surface area contributed by atoms with Crippen molar-refractivity contribution in [1.29, 1.82) is 0 Å². The molecule has 0 amide bonds. The fourth-order valence-electron chi connectivity index (χ4n) is 2.03. The first-order chi connectivity index (χ1) is 8.92. The van der Waals surface area contributed by atoms with Crippen molar-refractivity contribution in [2.24, 2.45) is 0 Å². The van der Waals surface area contributed by atoms with Crippen molar-refractivity contribution in [3.63, 3.8) is 0 Å². The van der Waals surface area contributed by atoms with Gasteiger partial charge in [-0.15, -0.1) is 0 Å². The summed E-state index contributed by atoms with van der Waals surface area (Å²) in [5.74, 6) is 2.06. The third kappa shape index (κ3) is 2.51. The molecule has 0 unspecified atom stereocenters. The van der Waals surface area contributed by atoms with Crippen LogP contribution in [-0.4, -0.2) is 16.7 Å². The highest BCUT2D eigenvalue weighted by molar-refractivity contribution is 5.20. The molecule has 2 heterocycles. The van der Waals surface area contributed by atoms with Gasteiger partial charge in [-0.3, -0.25) is 0 Å². The molecule has 5 heteroatoms. The molecule has 5 nitrogen and oxygen atoms in total. The van der Waals surface area contributed by atoms with E-state index in [0.29, 0.717) is 18.3 Å².